The highest BCUT2D eigenvalue weighted by Gasteiger charge is 2.21. The van der Waals surface area contributed by atoms with E-state index in [0.717, 1.165) is 16.8 Å². The number of nitrogens with zero attached hydrogens (tertiary/aromatic N) is 2. The fourth-order valence-electron chi connectivity index (χ4n) is 2.30. The summed E-state index contributed by atoms with van der Waals surface area (Å²) >= 11 is 0. The SMILES string of the molecule is Nc1ccc(Cc2[nH]ccc2CC(=O)C(=O)c2nc[nH]n2)cc1. The number of ketones is 2. The van der Waals surface area contributed by atoms with E-state index < -0.39 is 11.6 Å². The number of H-pyrrole nitrogens is 2. The molecule has 7 heteroatoms. The molecule has 116 valence electrons. The first-order chi connectivity index (χ1) is 11.1. The molecule has 4 N–H and O–H groups in total. The number of nitrogens with two attached hydrogens (primary N) is 1. The lowest BCUT2D eigenvalue weighted by molar-refractivity contribution is -0.114. The molecule has 0 fully saturated rings. The van der Waals surface area contributed by atoms with Crippen LogP contribution in [0.4, 0.5) is 5.69 Å². The van der Waals surface area contributed by atoms with Crippen LogP contribution in [-0.4, -0.2) is 31.7 Å². The minimum Gasteiger partial charge on any atom is -0.399 e. The van der Waals surface area contributed by atoms with Gasteiger partial charge in [-0.15, -0.1) is 5.10 Å². The van der Waals surface area contributed by atoms with Crippen LogP contribution >= 0.6 is 0 Å². The average Bonchev–Trinajstić information content (AvgIpc) is 3.21. The Morgan fingerprint density at radius 2 is 1.91 bits per heavy atom. The third kappa shape index (κ3) is 3.34. The summed E-state index contributed by atoms with van der Waals surface area (Å²) in [7, 11) is 0. The molecule has 0 bridgehead atoms. The second-order valence-corrected chi connectivity index (χ2v) is 5.15. The number of benzene rings is 1. The predicted octanol–water partition coefficient (Wildman–Crippen LogP) is 1.30. The monoisotopic (exact) mass is 309 g/mol. The third-order valence-corrected chi connectivity index (χ3v) is 3.51. The molecule has 0 saturated carbocycles. The number of nitrogens with one attached hydrogen (secondary N) is 2. The molecule has 3 aromatic rings. The number of carbonyl (C=O) groups excluding carboxylic acids is 2. The Bertz CT molecular complexity index is 819. The zero-order chi connectivity index (χ0) is 16.2. The van der Waals surface area contributed by atoms with Crippen LogP contribution in [-0.2, 0) is 17.6 Å². The highest BCUT2D eigenvalue weighted by atomic mass is 16.2. The summed E-state index contributed by atoms with van der Waals surface area (Å²) in [4.78, 5) is 30.8. The van der Waals surface area contributed by atoms with Crippen LogP contribution in [0.2, 0.25) is 0 Å². The summed E-state index contributed by atoms with van der Waals surface area (Å²) in [5, 5.41) is 6.06. The first kappa shape index (κ1) is 14.7. The quantitative estimate of drug-likeness (QED) is 0.360. The maximum absolute atomic E-state index is 12.1. The molecule has 2 heterocycles. The Hall–Kier alpha value is -3.22. The van der Waals surface area contributed by atoms with Crippen molar-refractivity contribution in [2.45, 2.75) is 12.8 Å². The topological polar surface area (TPSA) is 118 Å². The lowest BCUT2D eigenvalue weighted by atomic mass is 10.0. The smallest absolute Gasteiger partial charge is 0.267 e. The zero-order valence-electron chi connectivity index (χ0n) is 12.2. The molecule has 2 aromatic heterocycles. The van der Waals surface area contributed by atoms with Gasteiger partial charge in [-0.05, 0) is 29.3 Å². The van der Waals surface area contributed by atoms with Gasteiger partial charge < -0.3 is 10.7 Å². The van der Waals surface area contributed by atoms with Crippen molar-refractivity contribution < 1.29 is 9.59 Å². The van der Waals surface area contributed by atoms with E-state index in [1.54, 1.807) is 12.3 Å². The van der Waals surface area contributed by atoms with E-state index in [1.807, 2.05) is 24.3 Å². The summed E-state index contributed by atoms with van der Waals surface area (Å²) < 4.78 is 0. The van der Waals surface area contributed by atoms with Crippen molar-refractivity contribution >= 4 is 17.3 Å². The lowest BCUT2D eigenvalue weighted by Crippen LogP contribution is -2.18. The molecule has 0 radical (unpaired) electrons. The van der Waals surface area contributed by atoms with Gasteiger partial charge in [0.2, 0.25) is 11.6 Å². The Kier molecular flexibility index (Phi) is 4.01. The molecule has 0 saturated heterocycles. The molecule has 0 amide bonds. The number of anilines is 1. The highest BCUT2D eigenvalue weighted by molar-refractivity contribution is 6.43. The molecule has 0 spiro atoms. The van der Waals surface area contributed by atoms with E-state index >= 15 is 0 Å². The van der Waals surface area contributed by atoms with Crippen LogP contribution in [0.25, 0.3) is 0 Å². The third-order valence-electron chi connectivity index (χ3n) is 3.51. The summed E-state index contributed by atoms with van der Waals surface area (Å²) in [5.41, 5.74) is 9.12. The number of hydrogen-bond donors (Lipinski definition) is 3. The van der Waals surface area contributed by atoms with Crippen LogP contribution in [0.3, 0.4) is 0 Å². The predicted molar refractivity (Wildman–Crippen MR) is 83.9 cm³/mol. The van der Waals surface area contributed by atoms with Crippen molar-refractivity contribution in [3.63, 3.8) is 0 Å². The number of Topliss-reactive ketones (excluding diaryl/α,β-unsaturated/α-hetero) is 2. The van der Waals surface area contributed by atoms with Gasteiger partial charge in [0.25, 0.3) is 5.78 Å². The molecule has 0 aliphatic heterocycles. The summed E-state index contributed by atoms with van der Waals surface area (Å²) in [6.45, 7) is 0. The minimum atomic E-state index is -0.689. The molecule has 1 aromatic carbocycles. The lowest BCUT2D eigenvalue weighted by Gasteiger charge is -2.04. The number of nitrogen functional groups attached to an aromatic ring is 1. The molecular formula is C16H15N5O2. The van der Waals surface area contributed by atoms with E-state index in [0.29, 0.717) is 12.1 Å². The fraction of sp³-hybridized carbons (Fsp3) is 0.125. The van der Waals surface area contributed by atoms with Gasteiger partial charge >= 0.3 is 0 Å². The zero-order valence-corrected chi connectivity index (χ0v) is 12.2. The van der Waals surface area contributed by atoms with Crippen molar-refractivity contribution in [1.82, 2.24) is 20.2 Å². The van der Waals surface area contributed by atoms with Crippen molar-refractivity contribution in [2.75, 3.05) is 5.73 Å². The van der Waals surface area contributed by atoms with Gasteiger partial charge in [0.1, 0.15) is 6.33 Å². The molecular weight excluding hydrogens is 294 g/mol. The fourth-order valence-corrected chi connectivity index (χ4v) is 2.30. The van der Waals surface area contributed by atoms with E-state index in [4.69, 9.17) is 5.73 Å². The molecule has 0 unspecified atom stereocenters. The number of aromatic amines is 2. The number of rotatable bonds is 6. The molecule has 23 heavy (non-hydrogen) atoms. The van der Waals surface area contributed by atoms with E-state index in [2.05, 4.69) is 20.2 Å². The number of carbonyl (C=O) groups is 2. The standard InChI is InChI=1S/C16H15N5O2/c17-12-3-1-10(2-4-12)7-13-11(5-6-18-13)8-14(22)15(23)16-19-9-20-21-16/h1-6,9,18H,7-8,17H2,(H,19,20,21). The van der Waals surface area contributed by atoms with Crippen molar-refractivity contribution in [3.05, 3.63) is 65.5 Å². The van der Waals surface area contributed by atoms with Gasteiger partial charge in [-0.2, -0.15) is 0 Å². The molecule has 3 rings (SSSR count). The summed E-state index contributed by atoms with van der Waals surface area (Å²) in [6.07, 6.45) is 3.67. The minimum absolute atomic E-state index is 0.0151. The van der Waals surface area contributed by atoms with E-state index in [-0.39, 0.29) is 12.2 Å². The van der Waals surface area contributed by atoms with E-state index in [1.165, 1.54) is 6.33 Å². The number of aromatic nitrogens is 4. The normalized spacial score (nSPS) is 10.6. The van der Waals surface area contributed by atoms with Gasteiger partial charge in [0.15, 0.2) is 0 Å². The van der Waals surface area contributed by atoms with Crippen LogP contribution in [0.15, 0.2) is 42.9 Å². The van der Waals surface area contributed by atoms with Gasteiger partial charge in [-0.25, -0.2) is 4.98 Å². The maximum atomic E-state index is 12.1. The second kappa shape index (κ2) is 6.27. The molecule has 0 atom stereocenters. The Labute approximate surface area is 131 Å². The van der Waals surface area contributed by atoms with Gasteiger partial charge in [0, 0.05) is 30.4 Å². The van der Waals surface area contributed by atoms with Gasteiger partial charge in [-0.3, -0.25) is 14.7 Å². The molecule has 0 aliphatic rings. The number of hydrogen-bond acceptors (Lipinski definition) is 5. The first-order valence-corrected chi connectivity index (χ1v) is 7.06. The first-order valence-electron chi connectivity index (χ1n) is 7.06. The van der Waals surface area contributed by atoms with Crippen LogP contribution in [0.1, 0.15) is 27.4 Å². The molecule has 0 aliphatic carbocycles. The average molecular weight is 309 g/mol. The van der Waals surface area contributed by atoms with Gasteiger partial charge in [0.05, 0.1) is 0 Å². The second-order valence-electron chi connectivity index (χ2n) is 5.15. The Morgan fingerprint density at radius 3 is 2.61 bits per heavy atom. The largest absolute Gasteiger partial charge is 0.399 e. The van der Waals surface area contributed by atoms with Crippen molar-refractivity contribution in [2.24, 2.45) is 0 Å². The van der Waals surface area contributed by atoms with Crippen LogP contribution in [0.5, 0.6) is 0 Å². The summed E-state index contributed by atoms with van der Waals surface area (Å²) in [5.74, 6) is -1.33. The maximum Gasteiger partial charge on any atom is 0.267 e. The Balaban J connectivity index is 1.72. The van der Waals surface area contributed by atoms with Crippen molar-refractivity contribution in [3.8, 4) is 0 Å². The van der Waals surface area contributed by atoms with Crippen molar-refractivity contribution in [1.29, 1.82) is 0 Å². The highest BCUT2D eigenvalue weighted by Crippen LogP contribution is 2.15. The van der Waals surface area contributed by atoms with Gasteiger partial charge in [-0.1, -0.05) is 12.1 Å². The van der Waals surface area contributed by atoms with E-state index in [9.17, 15) is 9.59 Å². The Morgan fingerprint density at radius 1 is 1.13 bits per heavy atom. The summed E-state index contributed by atoms with van der Waals surface area (Å²) in [6, 6.07) is 9.32. The van der Waals surface area contributed by atoms with Crippen LogP contribution < -0.4 is 5.73 Å². The van der Waals surface area contributed by atoms with Crippen LogP contribution in [0, 0.1) is 0 Å². The molecule has 7 nitrogen and oxygen atoms in total.